The molecule has 0 saturated heterocycles. The number of benzene rings is 1. The number of rotatable bonds is 8. The summed E-state index contributed by atoms with van der Waals surface area (Å²) in [4.78, 5) is 7.69. The molecule has 1 unspecified atom stereocenters. The molecule has 5 aromatic rings. The summed E-state index contributed by atoms with van der Waals surface area (Å²) >= 11 is 0. The van der Waals surface area contributed by atoms with E-state index in [1.165, 1.54) is 5.56 Å². The summed E-state index contributed by atoms with van der Waals surface area (Å²) in [6, 6.07) is 12.5. The summed E-state index contributed by atoms with van der Waals surface area (Å²) in [5.74, 6) is 0. The number of aromatic nitrogens is 6. The van der Waals surface area contributed by atoms with Crippen LogP contribution in [0.15, 0.2) is 67.4 Å². The maximum atomic E-state index is 10.6. The van der Waals surface area contributed by atoms with E-state index in [4.69, 9.17) is 0 Å². The highest BCUT2D eigenvalue weighted by molar-refractivity contribution is 5.76. The van der Waals surface area contributed by atoms with Gasteiger partial charge in [-0.2, -0.15) is 10.2 Å². The number of hydrogen-bond acceptors (Lipinski definition) is 5. The Morgan fingerprint density at radius 1 is 0.970 bits per heavy atom. The van der Waals surface area contributed by atoms with E-state index in [0.717, 1.165) is 45.5 Å². The maximum absolute atomic E-state index is 10.6. The van der Waals surface area contributed by atoms with Crippen molar-refractivity contribution in [3.05, 3.63) is 101 Å². The average molecular weight is 442 g/mol. The molecular weight excluding hydrogens is 414 g/mol. The SMILES string of the molecule is Cc1cnn(Cc2ccc(Cn3cc(C(O)NCc4cc5cc[nH]c5nc4C)cn3)cc2)c1. The van der Waals surface area contributed by atoms with E-state index in [0.29, 0.717) is 13.1 Å². The number of pyridine rings is 1. The molecule has 0 radical (unpaired) electrons. The van der Waals surface area contributed by atoms with Crippen LogP contribution in [0.5, 0.6) is 0 Å². The van der Waals surface area contributed by atoms with Gasteiger partial charge < -0.3 is 10.1 Å². The van der Waals surface area contributed by atoms with Crippen molar-refractivity contribution in [1.29, 1.82) is 0 Å². The van der Waals surface area contributed by atoms with Crippen molar-refractivity contribution < 1.29 is 5.11 Å². The molecule has 0 amide bonds. The molecule has 4 heterocycles. The highest BCUT2D eigenvalue weighted by Gasteiger charge is 2.12. The number of H-pyrrole nitrogens is 1. The van der Waals surface area contributed by atoms with Crippen molar-refractivity contribution in [3.63, 3.8) is 0 Å². The second kappa shape index (κ2) is 9.01. The largest absolute Gasteiger partial charge is 0.374 e. The van der Waals surface area contributed by atoms with Crippen LogP contribution in [0.1, 0.15) is 39.7 Å². The molecule has 8 heteroatoms. The summed E-state index contributed by atoms with van der Waals surface area (Å²) < 4.78 is 3.77. The van der Waals surface area contributed by atoms with E-state index in [9.17, 15) is 5.11 Å². The number of aryl methyl sites for hydroxylation is 2. The molecule has 0 aliphatic heterocycles. The fourth-order valence-corrected chi connectivity index (χ4v) is 3.91. The van der Waals surface area contributed by atoms with Crippen LogP contribution in [-0.2, 0) is 19.6 Å². The van der Waals surface area contributed by atoms with Gasteiger partial charge in [0.1, 0.15) is 11.9 Å². The van der Waals surface area contributed by atoms with Gasteiger partial charge in [0.05, 0.1) is 25.5 Å². The van der Waals surface area contributed by atoms with Crippen molar-refractivity contribution in [1.82, 2.24) is 34.8 Å². The molecule has 168 valence electrons. The lowest BCUT2D eigenvalue weighted by atomic mass is 10.1. The Labute approximate surface area is 191 Å². The van der Waals surface area contributed by atoms with Gasteiger partial charge in [-0.15, -0.1) is 0 Å². The minimum Gasteiger partial charge on any atom is -0.374 e. The zero-order chi connectivity index (χ0) is 22.8. The molecule has 0 aliphatic carbocycles. The number of aromatic amines is 1. The van der Waals surface area contributed by atoms with Gasteiger partial charge in [0, 0.05) is 41.8 Å². The van der Waals surface area contributed by atoms with Gasteiger partial charge in [-0.1, -0.05) is 24.3 Å². The second-order valence-corrected chi connectivity index (χ2v) is 8.43. The summed E-state index contributed by atoms with van der Waals surface area (Å²) in [5.41, 5.74) is 7.10. The number of fused-ring (bicyclic) bond motifs is 1. The highest BCUT2D eigenvalue weighted by atomic mass is 16.3. The Balaban J connectivity index is 1.18. The first-order valence-electron chi connectivity index (χ1n) is 11.0. The smallest absolute Gasteiger partial charge is 0.137 e. The molecular formula is C25H27N7O. The molecule has 8 nitrogen and oxygen atoms in total. The minimum absolute atomic E-state index is 0.517. The molecule has 0 spiro atoms. The summed E-state index contributed by atoms with van der Waals surface area (Å²) in [6.45, 7) is 5.93. The maximum Gasteiger partial charge on any atom is 0.137 e. The van der Waals surface area contributed by atoms with Crippen LogP contribution in [0.2, 0.25) is 0 Å². The van der Waals surface area contributed by atoms with E-state index in [2.05, 4.69) is 55.8 Å². The molecule has 5 rings (SSSR count). The van der Waals surface area contributed by atoms with Crippen molar-refractivity contribution in [2.75, 3.05) is 0 Å². The molecule has 0 saturated carbocycles. The third-order valence-corrected chi connectivity index (χ3v) is 5.76. The van der Waals surface area contributed by atoms with E-state index < -0.39 is 6.23 Å². The fraction of sp³-hybridized carbons (Fsp3) is 0.240. The number of aliphatic hydroxyl groups excluding tert-OH is 1. The molecule has 1 aromatic carbocycles. The average Bonchev–Trinajstić information content (AvgIpc) is 3.55. The van der Waals surface area contributed by atoms with Crippen molar-refractivity contribution in [3.8, 4) is 0 Å². The van der Waals surface area contributed by atoms with Crippen LogP contribution >= 0.6 is 0 Å². The molecule has 1 atom stereocenters. The molecule has 4 aromatic heterocycles. The zero-order valence-electron chi connectivity index (χ0n) is 18.7. The standard InChI is InChI=1S/C25H27N7O/c1-17-10-28-31(13-17)14-19-3-5-20(6-4-19)15-32-16-23(12-29-32)25(33)27-11-22-9-21-7-8-26-24(21)30-18(22)2/h3-10,12-13,16,25,27,33H,11,14-15H2,1-2H3,(H,26,30). The Kier molecular flexibility index (Phi) is 5.77. The first-order chi connectivity index (χ1) is 16.0. The first kappa shape index (κ1) is 21.1. The van der Waals surface area contributed by atoms with E-state index in [1.807, 2.05) is 54.1 Å². The van der Waals surface area contributed by atoms with Crippen molar-refractivity contribution >= 4 is 11.0 Å². The molecule has 0 aliphatic rings. The lowest BCUT2D eigenvalue weighted by Crippen LogP contribution is -2.20. The minimum atomic E-state index is -0.806. The van der Waals surface area contributed by atoms with Crippen LogP contribution in [0.4, 0.5) is 0 Å². The number of hydrogen-bond donors (Lipinski definition) is 3. The normalized spacial score (nSPS) is 12.5. The van der Waals surface area contributed by atoms with Gasteiger partial charge in [0.25, 0.3) is 0 Å². The zero-order valence-corrected chi connectivity index (χ0v) is 18.7. The summed E-state index contributed by atoms with van der Waals surface area (Å²) in [7, 11) is 0. The lowest BCUT2D eigenvalue weighted by Gasteiger charge is -2.12. The Morgan fingerprint density at radius 3 is 2.36 bits per heavy atom. The lowest BCUT2D eigenvalue weighted by molar-refractivity contribution is 0.137. The highest BCUT2D eigenvalue weighted by Crippen LogP contribution is 2.17. The van der Waals surface area contributed by atoms with Gasteiger partial charge in [-0.25, -0.2) is 4.98 Å². The predicted molar refractivity (Wildman–Crippen MR) is 126 cm³/mol. The van der Waals surface area contributed by atoms with E-state index in [-0.39, 0.29) is 0 Å². The van der Waals surface area contributed by atoms with Crippen LogP contribution in [0, 0.1) is 13.8 Å². The third-order valence-electron chi connectivity index (χ3n) is 5.76. The quantitative estimate of drug-likeness (QED) is 0.321. The van der Waals surface area contributed by atoms with Crippen molar-refractivity contribution in [2.45, 2.75) is 39.7 Å². The van der Waals surface area contributed by atoms with Gasteiger partial charge in [-0.05, 0) is 48.2 Å². The van der Waals surface area contributed by atoms with Gasteiger partial charge in [0.15, 0.2) is 0 Å². The van der Waals surface area contributed by atoms with Crippen LogP contribution < -0.4 is 5.32 Å². The molecule has 0 fully saturated rings. The monoisotopic (exact) mass is 441 g/mol. The summed E-state index contributed by atoms with van der Waals surface area (Å²) in [6.07, 6.45) is 8.55. The molecule has 3 N–H and O–H groups in total. The molecule has 33 heavy (non-hydrogen) atoms. The van der Waals surface area contributed by atoms with Gasteiger partial charge in [-0.3, -0.25) is 14.7 Å². The number of nitrogens with zero attached hydrogens (tertiary/aromatic N) is 5. The van der Waals surface area contributed by atoms with Crippen LogP contribution in [0.3, 0.4) is 0 Å². The van der Waals surface area contributed by atoms with Gasteiger partial charge >= 0.3 is 0 Å². The van der Waals surface area contributed by atoms with Crippen LogP contribution in [0.25, 0.3) is 11.0 Å². The third kappa shape index (κ3) is 4.87. The Bertz CT molecular complexity index is 1360. The fourth-order valence-electron chi connectivity index (χ4n) is 3.91. The Hall–Kier alpha value is -3.75. The number of aliphatic hydroxyl groups is 1. The van der Waals surface area contributed by atoms with Crippen molar-refractivity contribution in [2.24, 2.45) is 0 Å². The summed E-state index contributed by atoms with van der Waals surface area (Å²) in [5, 5.41) is 23.6. The van der Waals surface area contributed by atoms with Gasteiger partial charge in [0.2, 0.25) is 0 Å². The molecule has 0 bridgehead atoms. The van der Waals surface area contributed by atoms with E-state index >= 15 is 0 Å². The second-order valence-electron chi connectivity index (χ2n) is 8.43. The van der Waals surface area contributed by atoms with Crippen LogP contribution in [-0.4, -0.2) is 34.6 Å². The van der Waals surface area contributed by atoms with E-state index in [1.54, 1.807) is 6.20 Å². The number of nitrogens with one attached hydrogen (secondary N) is 2. The topological polar surface area (TPSA) is 96.6 Å². The Morgan fingerprint density at radius 2 is 1.67 bits per heavy atom. The predicted octanol–water partition coefficient (Wildman–Crippen LogP) is 3.45. The first-order valence-corrected chi connectivity index (χ1v) is 11.0.